The van der Waals surface area contributed by atoms with Gasteiger partial charge in [-0.25, -0.2) is 0 Å². The van der Waals surface area contributed by atoms with Gasteiger partial charge in [0.1, 0.15) is 0 Å². The maximum atomic E-state index is 12.1. The van der Waals surface area contributed by atoms with Gasteiger partial charge in [-0.05, 0) is 42.2 Å². The van der Waals surface area contributed by atoms with Gasteiger partial charge in [0, 0.05) is 5.56 Å². The lowest BCUT2D eigenvalue weighted by Gasteiger charge is -2.19. The van der Waals surface area contributed by atoms with Crippen molar-refractivity contribution in [3.8, 4) is 11.5 Å². The van der Waals surface area contributed by atoms with Crippen LogP contribution in [0.25, 0.3) is 0 Å². The van der Waals surface area contributed by atoms with E-state index in [-0.39, 0.29) is 12.0 Å². The van der Waals surface area contributed by atoms with E-state index in [0.29, 0.717) is 23.7 Å². The van der Waals surface area contributed by atoms with Crippen LogP contribution >= 0.6 is 0 Å². The Morgan fingerprint density at radius 2 is 1.48 bits per heavy atom. The number of hydrazine groups is 1. The Hall–Kier alpha value is -3.02. The molecule has 0 fully saturated rings. The highest BCUT2D eigenvalue weighted by Crippen LogP contribution is 2.26. The van der Waals surface area contributed by atoms with Crippen LogP contribution < -0.4 is 20.3 Å². The molecule has 0 unspecified atom stereocenters. The highest BCUT2D eigenvalue weighted by Gasteiger charge is 2.14. The number of carbonyl (C=O) groups excluding carboxylic acids is 2. The molecule has 0 saturated carbocycles. The topological polar surface area (TPSA) is 76.7 Å². The molecule has 0 aromatic heterocycles. The van der Waals surface area contributed by atoms with E-state index in [9.17, 15) is 9.59 Å². The maximum Gasteiger partial charge on any atom is 0.276 e. The fraction of sp³-hybridized carbons (Fsp3) is 0.333. The molecule has 0 aliphatic heterocycles. The first-order chi connectivity index (χ1) is 12.8. The van der Waals surface area contributed by atoms with Crippen molar-refractivity contribution in [2.75, 3.05) is 13.2 Å². The van der Waals surface area contributed by atoms with Gasteiger partial charge >= 0.3 is 0 Å². The maximum absolute atomic E-state index is 12.1. The summed E-state index contributed by atoms with van der Waals surface area (Å²) in [5.74, 6) is 0.175. The molecule has 0 radical (unpaired) electrons. The van der Waals surface area contributed by atoms with Crippen LogP contribution in [0.15, 0.2) is 48.5 Å². The second kappa shape index (κ2) is 9.07. The smallest absolute Gasteiger partial charge is 0.276 e. The summed E-state index contributed by atoms with van der Waals surface area (Å²) in [5.41, 5.74) is 6.33. The Balaban J connectivity index is 1.84. The van der Waals surface area contributed by atoms with Crippen molar-refractivity contribution in [3.05, 3.63) is 59.7 Å². The third-order valence-electron chi connectivity index (χ3n) is 3.84. The van der Waals surface area contributed by atoms with Crippen LogP contribution in [0.5, 0.6) is 11.5 Å². The average molecular weight is 370 g/mol. The summed E-state index contributed by atoms with van der Waals surface area (Å²) in [4.78, 5) is 24.1. The van der Waals surface area contributed by atoms with Crippen LogP contribution in [-0.2, 0) is 10.2 Å². The number of nitrogens with one attached hydrogen (secondary N) is 2. The Labute approximate surface area is 159 Å². The quantitative estimate of drug-likeness (QED) is 0.766. The third-order valence-corrected chi connectivity index (χ3v) is 3.84. The van der Waals surface area contributed by atoms with E-state index in [4.69, 9.17) is 9.47 Å². The number of carbonyl (C=O) groups is 2. The summed E-state index contributed by atoms with van der Waals surface area (Å²) < 4.78 is 10.9. The van der Waals surface area contributed by atoms with E-state index < -0.39 is 11.8 Å². The van der Waals surface area contributed by atoms with Gasteiger partial charge in [0.05, 0.1) is 6.61 Å². The minimum absolute atomic E-state index is 0.0122. The number of amides is 2. The van der Waals surface area contributed by atoms with Crippen LogP contribution in [-0.4, -0.2) is 25.0 Å². The Morgan fingerprint density at radius 1 is 0.889 bits per heavy atom. The Morgan fingerprint density at radius 3 is 2.04 bits per heavy atom. The lowest BCUT2D eigenvalue weighted by Crippen LogP contribution is -2.43. The summed E-state index contributed by atoms with van der Waals surface area (Å²) in [6.45, 7) is 8.43. The van der Waals surface area contributed by atoms with Gasteiger partial charge < -0.3 is 9.47 Å². The van der Waals surface area contributed by atoms with Crippen molar-refractivity contribution in [2.45, 2.75) is 33.1 Å². The largest absolute Gasteiger partial charge is 0.490 e. The zero-order chi connectivity index (χ0) is 19.9. The van der Waals surface area contributed by atoms with E-state index in [1.54, 1.807) is 30.3 Å². The zero-order valence-electron chi connectivity index (χ0n) is 16.2. The molecule has 6 heteroatoms. The first-order valence-electron chi connectivity index (χ1n) is 8.85. The summed E-state index contributed by atoms with van der Waals surface area (Å²) in [6.07, 6.45) is 0. The van der Waals surface area contributed by atoms with E-state index >= 15 is 0 Å². The van der Waals surface area contributed by atoms with Crippen molar-refractivity contribution in [1.82, 2.24) is 10.9 Å². The molecule has 0 aliphatic carbocycles. The minimum atomic E-state index is -0.471. The van der Waals surface area contributed by atoms with E-state index in [1.807, 2.05) is 25.1 Å². The number of hydrogen-bond acceptors (Lipinski definition) is 4. The van der Waals surface area contributed by atoms with Crippen molar-refractivity contribution in [1.29, 1.82) is 0 Å². The molecule has 0 saturated heterocycles. The molecule has 0 spiro atoms. The summed E-state index contributed by atoms with van der Waals surface area (Å²) in [7, 11) is 0. The number of para-hydroxylation sites is 2. The molecule has 0 aliphatic rings. The van der Waals surface area contributed by atoms with Gasteiger partial charge in [0.15, 0.2) is 18.1 Å². The van der Waals surface area contributed by atoms with E-state index in [0.717, 1.165) is 5.56 Å². The van der Waals surface area contributed by atoms with Crippen LogP contribution in [0, 0.1) is 0 Å². The molecular formula is C21H26N2O4. The van der Waals surface area contributed by atoms with Crippen LogP contribution in [0.4, 0.5) is 0 Å². The zero-order valence-corrected chi connectivity index (χ0v) is 16.2. The number of ether oxygens (including phenoxy) is 2. The van der Waals surface area contributed by atoms with Gasteiger partial charge in [0.25, 0.3) is 11.8 Å². The molecular weight excluding hydrogens is 344 g/mol. The fourth-order valence-corrected chi connectivity index (χ4v) is 2.34. The third kappa shape index (κ3) is 6.02. The highest BCUT2D eigenvalue weighted by atomic mass is 16.5. The number of rotatable bonds is 6. The van der Waals surface area contributed by atoms with Crippen LogP contribution in [0.1, 0.15) is 43.6 Å². The summed E-state index contributed by atoms with van der Waals surface area (Å²) in [6, 6.07) is 14.4. The van der Waals surface area contributed by atoms with Crippen molar-refractivity contribution in [3.63, 3.8) is 0 Å². The molecule has 2 N–H and O–H groups in total. The van der Waals surface area contributed by atoms with Gasteiger partial charge in [-0.1, -0.05) is 45.0 Å². The first-order valence-corrected chi connectivity index (χ1v) is 8.85. The molecule has 2 aromatic rings. The van der Waals surface area contributed by atoms with Gasteiger partial charge in [0.2, 0.25) is 0 Å². The van der Waals surface area contributed by atoms with Gasteiger partial charge in [-0.15, -0.1) is 0 Å². The summed E-state index contributed by atoms with van der Waals surface area (Å²) >= 11 is 0. The lowest BCUT2D eigenvalue weighted by molar-refractivity contribution is -0.123. The molecule has 27 heavy (non-hydrogen) atoms. The van der Waals surface area contributed by atoms with Crippen molar-refractivity contribution >= 4 is 11.8 Å². The molecule has 2 aromatic carbocycles. The highest BCUT2D eigenvalue weighted by molar-refractivity contribution is 5.95. The predicted molar refractivity (Wildman–Crippen MR) is 104 cm³/mol. The normalized spacial score (nSPS) is 10.8. The molecule has 0 atom stereocenters. The Kier molecular flexibility index (Phi) is 6.82. The summed E-state index contributed by atoms with van der Waals surface area (Å²) in [5, 5.41) is 0. The standard InChI is InChI=1S/C21H26N2O4/c1-5-26-17-8-6-7-9-18(17)27-14-19(24)22-23-20(25)15-10-12-16(13-11-15)21(2,3)4/h6-13H,5,14H2,1-4H3,(H,22,24)(H,23,25). The second-order valence-electron chi connectivity index (χ2n) is 7.00. The van der Waals surface area contributed by atoms with E-state index in [1.165, 1.54) is 0 Å². The molecule has 0 heterocycles. The predicted octanol–water partition coefficient (Wildman–Crippen LogP) is 3.22. The molecule has 2 rings (SSSR count). The molecule has 144 valence electrons. The van der Waals surface area contributed by atoms with Gasteiger partial charge in [-0.3, -0.25) is 20.4 Å². The lowest BCUT2D eigenvalue weighted by atomic mass is 9.87. The first kappa shape index (κ1) is 20.3. The molecule has 6 nitrogen and oxygen atoms in total. The number of hydrogen-bond donors (Lipinski definition) is 2. The minimum Gasteiger partial charge on any atom is -0.490 e. The van der Waals surface area contributed by atoms with Crippen LogP contribution in [0.2, 0.25) is 0 Å². The fourth-order valence-electron chi connectivity index (χ4n) is 2.34. The monoisotopic (exact) mass is 370 g/mol. The SMILES string of the molecule is CCOc1ccccc1OCC(=O)NNC(=O)c1ccc(C(C)(C)C)cc1. The van der Waals surface area contributed by atoms with Crippen molar-refractivity contribution < 1.29 is 19.1 Å². The van der Waals surface area contributed by atoms with Gasteiger partial charge in [-0.2, -0.15) is 0 Å². The van der Waals surface area contributed by atoms with Crippen molar-refractivity contribution in [2.24, 2.45) is 0 Å². The average Bonchev–Trinajstić information content (AvgIpc) is 2.65. The molecule has 0 bridgehead atoms. The molecule has 2 amide bonds. The Bertz CT molecular complexity index is 780. The number of benzene rings is 2. The van der Waals surface area contributed by atoms with E-state index in [2.05, 4.69) is 31.6 Å². The van der Waals surface area contributed by atoms with Crippen LogP contribution in [0.3, 0.4) is 0 Å². The second-order valence-corrected chi connectivity index (χ2v) is 7.00.